The molecule has 1 heterocycles. The predicted molar refractivity (Wildman–Crippen MR) is 136 cm³/mol. The fourth-order valence-electron chi connectivity index (χ4n) is 3.38. The number of hydrogen-bond donors (Lipinski definition) is 2. The fraction of sp³-hybridized carbons (Fsp3) is 0.320. The van der Waals surface area contributed by atoms with Crippen molar-refractivity contribution in [3.63, 3.8) is 0 Å². The number of carboxylic acids is 1. The smallest absolute Gasteiger partial charge is 0.490 e. The Morgan fingerprint density at radius 2 is 1.62 bits per heavy atom. The molecule has 0 radical (unpaired) electrons. The number of hydrogen-bond acceptors (Lipinski definition) is 8. The Labute approximate surface area is 222 Å². The van der Waals surface area contributed by atoms with E-state index in [0.29, 0.717) is 39.1 Å². The second-order valence-corrected chi connectivity index (χ2v) is 10.1. The Balaban J connectivity index is 0.000000673. The molecule has 0 amide bonds. The van der Waals surface area contributed by atoms with Crippen LogP contribution in [0.3, 0.4) is 0 Å². The van der Waals surface area contributed by atoms with E-state index in [1.807, 2.05) is 13.8 Å². The number of benzene rings is 2. The largest absolute Gasteiger partial charge is 0.493 e. The summed E-state index contributed by atoms with van der Waals surface area (Å²) < 4.78 is 75.0. The molecule has 3 aromatic rings. The summed E-state index contributed by atoms with van der Waals surface area (Å²) in [6, 6.07) is 8.88. The SMILES string of the molecule is COc1cc2cncc(C(NS(C)(=O)=O)C(=O)c3cccc(OC(C)C)c3)c2cc1OC.O=C(O)C(F)(F)F. The number of pyridine rings is 1. The number of carbonyl (C=O) groups excluding carboxylic acids is 1. The maximum absolute atomic E-state index is 13.5. The van der Waals surface area contributed by atoms with Crippen LogP contribution in [-0.2, 0) is 14.8 Å². The third kappa shape index (κ3) is 8.82. The summed E-state index contributed by atoms with van der Waals surface area (Å²) in [5.74, 6) is -1.73. The van der Waals surface area contributed by atoms with Gasteiger partial charge >= 0.3 is 12.1 Å². The average molecular weight is 573 g/mol. The lowest BCUT2D eigenvalue weighted by molar-refractivity contribution is -0.192. The van der Waals surface area contributed by atoms with Crippen LogP contribution >= 0.6 is 0 Å². The number of aromatic nitrogens is 1. The summed E-state index contributed by atoms with van der Waals surface area (Å²) >= 11 is 0. The molecule has 0 fully saturated rings. The lowest BCUT2D eigenvalue weighted by atomic mass is 9.95. The van der Waals surface area contributed by atoms with Gasteiger partial charge in [-0.2, -0.15) is 13.2 Å². The van der Waals surface area contributed by atoms with E-state index in [9.17, 15) is 26.4 Å². The molecule has 1 aromatic heterocycles. The van der Waals surface area contributed by atoms with Crippen molar-refractivity contribution in [2.75, 3.05) is 20.5 Å². The van der Waals surface area contributed by atoms with E-state index >= 15 is 0 Å². The Hall–Kier alpha value is -3.91. The molecule has 10 nitrogen and oxygen atoms in total. The monoisotopic (exact) mass is 572 g/mol. The summed E-state index contributed by atoms with van der Waals surface area (Å²) in [7, 11) is -0.716. The first-order valence-electron chi connectivity index (χ1n) is 11.1. The molecule has 0 aliphatic carbocycles. The van der Waals surface area contributed by atoms with E-state index in [1.54, 1.807) is 42.6 Å². The van der Waals surface area contributed by atoms with Gasteiger partial charge in [-0.05, 0) is 43.5 Å². The van der Waals surface area contributed by atoms with Crippen LogP contribution < -0.4 is 18.9 Å². The maximum Gasteiger partial charge on any atom is 0.490 e. The van der Waals surface area contributed by atoms with Crippen molar-refractivity contribution in [1.82, 2.24) is 9.71 Å². The van der Waals surface area contributed by atoms with E-state index < -0.39 is 34.0 Å². The lowest BCUT2D eigenvalue weighted by Crippen LogP contribution is -2.33. The number of ether oxygens (including phenoxy) is 3. The Bertz CT molecular complexity index is 1440. The minimum absolute atomic E-state index is 0.0741. The molecule has 0 bridgehead atoms. The Kier molecular flexibility index (Phi) is 10.2. The van der Waals surface area contributed by atoms with Gasteiger partial charge in [-0.1, -0.05) is 12.1 Å². The predicted octanol–water partition coefficient (Wildman–Crippen LogP) is 4.15. The van der Waals surface area contributed by atoms with Crippen LogP contribution in [0.2, 0.25) is 0 Å². The van der Waals surface area contributed by atoms with Crippen LogP contribution in [0.15, 0.2) is 48.8 Å². The number of carbonyl (C=O) groups is 2. The number of halogens is 3. The number of Topliss-reactive ketones (excluding diaryl/α,β-unsaturated/α-hetero) is 1. The molecule has 2 aromatic carbocycles. The zero-order valence-electron chi connectivity index (χ0n) is 21.6. The first-order chi connectivity index (χ1) is 18.1. The highest BCUT2D eigenvalue weighted by atomic mass is 32.2. The van der Waals surface area contributed by atoms with E-state index in [2.05, 4.69) is 9.71 Å². The highest BCUT2D eigenvalue weighted by molar-refractivity contribution is 7.88. The van der Waals surface area contributed by atoms with Crippen molar-refractivity contribution in [3.8, 4) is 17.2 Å². The molecule has 2 N–H and O–H groups in total. The lowest BCUT2D eigenvalue weighted by Gasteiger charge is -2.20. The van der Waals surface area contributed by atoms with Gasteiger partial charge in [0.25, 0.3) is 0 Å². The number of nitrogens with zero attached hydrogens (tertiary/aromatic N) is 1. The molecule has 0 saturated heterocycles. The zero-order valence-corrected chi connectivity index (χ0v) is 22.4. The number of nitrogens with one attached hydrogen (secondary N) is 1. The minimum Gasteiger partial charge on any atom is -0.493 e. The first kappa shape index (κ1) is 31.3. The fourth-order valence-corrected chi connectivity index (χ4v) is 4.04. The van der Waals surface area contributed by atoms with Crippen LogP contribution in [0.25, 0.3) is 10.8 Å². The third-order valence-electron chi connectivity index (χ3n) is 4.93. The number of fused-ring (bicyclic) bond motifs is 1. The van der Waals surface area contributed by atoms with Gasteiger partial charge in [0.05, 0.1) is 26.6 Å². The zero-order chi connectivity index (χ0) is 29.5. The molecule has 1 unspecified atom stereocenters. The van der Waals surface area contributed by atoms with Gasteiger partial charge in [-0.3, -0.25) is 9.78 Å². The number of rotatable bonds is 9. The third-order valence-corrected chi connectivity index (χ3v) is 5.60. The minimum atomic E-state index is -5.08. The standard InChI is InChI=1S/C23H26N2O6S.C2HF3O2/c1-14(2)31-17-8-6-7-15(9-17)23(26)22(25-32(5,27)28)19-13-24-12-16-10-20(29-3)21(30-4)11-18(16)19;3-2(4,5)1(6)7/h6-14,22,25H,1-5H3;(H,6,7). The molecule has 0 saturated carbocycles. The van der Waals surface area contributed by atoms with Gasteiger partial charge in [-0.15, -0.1) is 0 Å². The molecule has 0 aliphatic heterocycles. The van der Waals surface area contributed by atoms with Gasteiger partial charge in [0.15, 0.2) is 17.3 Å². The number of alkyl halides is 3. The Morgan fingerprint density at radius 3 is 2.13 bits per heavy atom. The van der Waals surface area contributed by atoms with Crippen LogP contribution in [0.4, 0.5) is 13.2 Å². The summed E-state index contributed by atoms with van der Waals surface area (Å²) in [5, 5.41) is 8.41. The molecule has 3 rings (SSSR count). The molecular weight excluding hydrogens is 545 g/mol. The quantitative estimate of drug-likeness (QED) is 0.362. The summed E-state index contributed by atoms with van der Waals surface area (Å²) in [4.78, 5) is 26.6. The second kappa shape index (κ2) is 12.8. The van der Waals surface area contributed by atoms with E-state index in [-0.39, 0.29) is 6.10 Å². The van der Waals surface area contributed by atoms with Crippen molar-refractivity contribution >= 4 is 32.5 Å². The summed E-state index contributed by atoms with van der Waals surface area (Å²) in [6.07, 6.45) is -1.06. The van der Waals surface area contributed by atoms with Crippen molar-refractivity contribution in [1.29, 1.82) is 0 Å². The first-order valence-corrected chi connectivity index (χ1v) is 13.0. The van der Waals surface area contributed by atoms with Crippen molar-refractivity contribution in [2.24, 2.45) is 0 Å². The Morgan fingerprint density at radius 1 is 1.03 bits per heavy atom. The van der Waals surface area contributed by atoms with Gasteiger partial charge in [0.2, 0.25) is 10.0 Å². The van der Waals surface area contributed by atoms with Gasteiger partial charge < -0.3 is 19.3 Å². The van der Waals surface area contributed by atoms with Gasteiger partial charge in [0.1, 0.15) is 11.8 Å². The normalized spacial score (nSPS) is 12.3. The highest BCUT2D eigenvalue weighted by Gasteiger charge is 2.38. The topological polar surface area (TPSA) is 141 Å². The number of ketones is 1. The molecule has 212 valence electrons. The summed E-state index contributed by atoms with van der Waals surface area (Å²) in [6.45, 7) is 3.76. The van der Waals surface area contributed by atoms with E-state index in [0.717, 1.165) is 6.26 Å². The van der Waals surface area contributed by atoms with Crippen LogP contribution in [0, 0.1) is 0 Å². The van der Waals surface area contributed by atoms with E-state index in [1.165, 1.54) is 20.4 Å². The van der Waals surface area contributed by atoms with Gasteiger partial charge in [-0.25, -0.2) is 17.9 Å². The van der Waals surface area contributed by atoms with E-state index in [4.69, 9.17) is 24.1 Å². The second-order valence-electron chi connectivity index (χ2n) is 8.34. The molecule has 39 heavy (non-hydrogen) atoms. The molecular formula is C25H27F3N2O8S. The highest BCUT2D eigenvalue weighted by Crippen LogP contribution is 2.36. The van der Waals surface area contributed by atoms with Crippen LogP contribution in [0.1, 0.15) is 35.8 Å². The van der Waals surface area contributed by atoms with Crippen LogP contribution in [-0.4, -0.2) is 63.0 Å². The number of carboxylic acid groups (broad SMARTS) is 1. The summed E-state index contributed by atoms with van der Waals surface area (Å²) in [5.41, 5.74) is 0.704. The average Bonchev–Trinajstić information content (AvgIpc) is 2.84. The number of methoxy groups -OCH3 is 2. The van der Waals surface area contributed by atoms with Crippen molar-refractivity contribution in [3.05, 3.63) is 59.9 Å². The van der Waals surface area contributed by atoms with Crippen molar-refractivity contribution < 1.29 is 50.5 Å². The van der Waals surface area contributed by atoms with Crippen LogP contribution in [0.5, 0.6) is 17.2 Å². The number of sulfonamides is 1. The molecule has 0 spiro atoms. The van der Waals surface area contributed by atoms with Gasteiger partial charge in [0, 0.05) is 28.9 Å². The molecule has 14 heteroatoms. The molecule has 0 aliphatic rings. The molecule has 1 atom stereocenters. The van der Waals surface area contributed by atoms with Crippen molar-refractivity contribution in [2.45, 2.75) is 32.2 Å². The number of aliphatic carboxylic acids is 1. The maximum atomic E-state index is 13.5.